The summed E-state index contributed by atoms with van der Waals surface area (Å²) < 4.78 is 4.90. The van der Waals surface area contributed by atoms with E-state index in [-0.39, 0.29) is 5.91 Å². The Kier molecular flexibility index (Phi) is 6.68. The number of amides is 2. The lowest BCUT2D eigenvalue weighted by atomic mass is 10.1. The monoisotopic (exact) mass is 352 g/mol. The molecule has 0 aliphatic heterocycles. The van der Waals surface area contributed by atoms with Gasteiger partial charge in [-0.05, 0) is 36.8 Å². The quantitative estimate of drug-likeness (QED) is 0.618. The number of rotatable bonds is 6. The average Bonchev–Trinajstić information content (AvgIpc) is 2.65. The number of ether oxygens (including phenoxy) is 1. The molecule has 6 heteroatoms. The average molecular weight is 352 g/mol. The van der Waals surface area contributed by atoms with Gasteiger partial charge < -0.3 is 15.4 Å². The second kappa shape index (κ2) is 9.17. The predicted molar refractivity (Wildman–Crippen MR) is 99.6 cm³/mol. The first kappa shape index (κ1) is 18.9. The van der Waals surface area contributed by atoms with E-state index in [1.165, 1.54) is 19.2 Å². The highest BCUT2D eigenvalue weighted by Crippen LogP contribution is 2.10. The molecule has 0 bridgehead atoms. The van der Waals surface area contributed by atoms with Crippen LogP contribution in [-0.2, 0) is 14.3 Å². The van der Waals surface area contributed by atoms with Gasteiger partial charge in [-0.15, -0.1) is 0 Å². The molecule has 0 aliphatic carbocycles. The van der Waals surface area contributed by atoms with Gasteiger partial charge >= 0.3 is 5.97 Å². The molecule has 2 rings (SSSR count). The van der Waals surface area contributed by atoms with Crippen LogP contribution in [0.15, 0.2) is 54.6 Å². The summed E-state index contributed by atoms with van der Waals surface area (Å²) >= 11 is 0. The molecule has 0 fully saturated rings. The van der Waals surface area contributed by atoms with Crippen LogP contribution in [0.2, 0.25) is 0 Å². The minimum Gasteiger partial charge on any atom is -0.452 e. The normalized spacial score (nSPS) is 10.4. The Balaban J connectivity index is 1.83. The van der Waals surface area contributed by atoms with Crippen molar-refractivity contribution in [1.82, 2.24) is 5.32 Å². The lowest BCUT2D eigenvalue weighted by molar-refractivity contribution is -0.142. The standard InChI is InChI=1S/C20H20N2O4/c1-14-6-8-15(9-7-14)10-11-19(24)26-13-18(23)22-17-5-3-4-16(12-17)20(25)21-2/h3-12H,13H2,1-2H3,(H,21,25)(H,22,23)/b11-10+. The van der Waals surface area contributed by atoms with Crippen LogP contribution in [0.1, 0.15) is 21.5 Å². The van der Waals surface area contributed by atoms with Gasteiger partial charge in [-0.1, -0.05) is 35.9 Å². The highest BCUT2D eigenvalue weighted by Gasteiger charge is 2.08. The Hall–Kier alpha value is -3.41. The molecule has 2 aromatic rings. The molecule has 134 valence electrons. The molecule has 0 saturated carbocycles. The van der Waals surface area contributed by atoms with Gasteiger partial charge in [0.2, 0.25) is 0 Å². The van der Waals surface area contributed by atoms with Crippen molar-refractivity contribution in [3.05, 3.63) is 71.3 Å². The predicted octanol–water partition coefficient (Wildman–Crippen LogP) is 2.55. The summed E-state index contributed by atoms with van der Waals surface area (Å²) in [6.07, 6.45) is 2.89. The maximum absolute atomic E-state index is 11.9. The van der Waals surface area contributed by atoms with E-state index in [1.807, 2.05) is 31.2 Å². The van der Waals surface area contributed by atoms with Crippen LogP contribution >= 0.6 is 0 Å². The molecular weight excluding hydrogens is 332 g/mol. The van der Waals surface area contributed by atoms with Crippen molar-refractivity contribution in [2.45, 2.75) is 6.92 Å². The first-order chi connectivity index (χ1) is 12.5. The molecule has 0 spiro atoms. The topological polar surface area (TPSA) is 84.5 Å². The summed E-state index contributed by atoms with van der Waals surface area (Å²) in [6, 6.07) is 14.1. The number of aryl methyl sites for hydroxylation is 1. The second-order valence-corrected chi connectivity index (χ2v) is 5.56. The van der Waals surface area contributed by atoms with E-state index in [2.05, 4.69) is 10.6 Å². The van der Waals surface area contributed by atoms with E-state index >= 15 is 0 Å². The highest BCUT2D eigenvalue weighted by molar-refractivity contribution is 5.98. The van der Waals surface area contributed by atoms with Crippen molar-refractivity contribution in [2.75, 3.05) is 19.0 Å². The largest absolute Gasteiger partial charge is 0.452 e. The summed E-state index contributed by atoms with van der Waals surface area (Å²) in [5, 5.41) is 5.08. The molecule has 2 aromatic carbocycles. The van der Waals surface area contributed by atoms with Crippen LogP contribution in [0.25, 0.3) is 6.08 Å². The third-order valence-corrected chi connectivity index (χ3v) is 3.47. The van der Waals surface area contributed by atoms with Gasteiger partial charge in [0.05, 0.1) is 0 Å². The maximum Gasteiger partial charge on any atom is 0.331 e. The fraction of sp³-hybridized carbons (Fsp3) is 0.150. The van der Waals surface area contributed by atoms with Crippen LogP contribution in [-0.4, -0.2) is 31.4 Å². The molecule has 0 radical (unpaired) electrons. The summed E-state index contributed by atoms with van der Waals surface area (Å²) in [5.74, 6) is -1.36. The third-order valence-electron chi connectivity index (χ3n) is 3.47. The van der Waals surface area contributed by atoms with Crippen molar-refractivity contribution < 1.29 is 19.1 Å². The van der Waals surface area contributed by atoms with Crippen molar-refractivity contribution >= 4 is 29.5 Å². The third kappa shape index (κ3) is 5.90. The van der Waals surface area contributed by atoms with Crippen LogP contribution in [0.5, 0.6) is 0 Å². The molecule has 0 atom stereocenters. The summed E-state index contributed by atoms with van der Waals surface area (Å²) in [7, 11) is 1.52. The maximum atomic E-state index is 11.9. The fourth-order valence-corrected chi connectivity index (χ4v) is 2.11. The lowest BCUT2D eigenvalue weighted by Crippen LogP contribution is -2.21. The molecule has 0 aliphatic rings. The van der Waals surface area contributed by atoms with Gasteiger partial charge in [-0.3, -0.25) is 9.59 Å². The smallest absolute Gasteiger partial charge is 0.331 e. The lowest BCUT2D eigenvalue weighted by Gasteiger charge is -2.07. The summed E-state index contributed by atoms with van der Waals surface area (Å²) in [5.41, 5.74) is 2.86. The van der Waals surface area contributed by atoms with Gasteiger partial charge in [-0.2, -0.15) is 0 Å². The number of esters is 1. The van der Waals surface area contributed by atoms with Crippen molar-refractivity contribution in [3.8, 4) is 0 Å². The molecule has 0 heterocycles. The number of nitrogens with one attached hydrogen (secondary N) is 2. The van der Waals surface area contributed by atoms with E-state index < -0.39 is 18.5 Å². The Morgan fingerprint density at radius 1 is 1.08 bits per heavy atom. The number of carbonyl (C=O) groups excluding carboxylic acids is 3. The van der Waals surface area contributed by atoms with Crippen LogP contribution in [0.3, 0.4) is 0 Å². The van der Waals surface area contributed by atoms with Crippen LogP contribution in [0.4, 0.5) is 5.69 Å². The van der Waals surface area contributed by atoms with Crippen LogP contribution in [0, 0.1) is 6.92 Å². The summed E-state index contributed by atoms with van der Waals surface area (Å²) in [6.45, 7) is 1.56. The molecule has 0 aromatic heterocycles. The fourth-order valence-electron chi connectivity index (χ4n) is 2.11. The molecule has 6 nitrogen and oxygen atoms in total. The van der Waals surface area contributed by atoms with Crippen molar-refractivity contribution in [2.24, 2.45) is 0 Å². The Morgan fingerprint density at radius 3 is 2.50 bits per heavy atom. The Morgan fingerprint density at radius 2 is 1.81 bits per heavy atom. The SMILES string of the molecule is CNC(=O)c1cccc(NC(=O)COC(=O)/C=C/c2ccc(C)cc2)c1. The van der Waals surface area contributed by atoms with E-state index in [0.717, 1.165) is 11.1 Å². The van der Waals surface area contributed by atoms with Crippen molar-refractivity contribution in [3.63, 3.8) is 0 Å². The van der Waals surface area contributed by atoms with E-state index in [4.69, 9.17) is 4.74 Å². The molecule has 26 heavy (non-hydrogen) atoms. The minimum atomic E-state index is -0.611. The van der Waals surface area contributed by atoms with Gasteiger partial charge in [0, 0.05) is 24.4 Å². The molecule has 0 unspecified atom stereocenters. The zero-order valence-corrected chi connectivity index (χ0v) is 14.6. The second-order valence-electron chi connectivity index (χ2n) is 5.56. The number of carbonyl (C=O) groups is 3. The van der Waals surface area contributed by atoms with Gasteiger partial charge in [-0.25, -0.2) is 4.79 Å². The number of anilines is 1. The molecular formula is C20H20N2O4. The molecule has 0 saturated heterocycles. The minimum absolute atomic E-state index is 0.256. The number of hydrogen-bond acceptors (Lipinski definition) is 4. The Bertz CT molecular complexity index is 826. The zero-order chi connectivity index (χ0) is 18.9. The van der Waals surface area contributed by atoms with Gasteiger partial charge in [0.25, 0.3) is 11.8 Å². The highest BCUT2D eigenvalue weighted by atomic mass is 16.5. The van der Waals surface area contributed by atoms with E-state index in [9.17, 15) is 14.4 Å². The van der Waals surface area contributed by atoms with E-state index in [1.54, 1.807) is 24.3 Å². The van der Waals surface area contributed by atoms with Crippen LogP contribution < -0.4 is 10.6 Å². The van der Waals surface area contributed by atoms with Gasteiger partial charge in [0.1, 0.15) is 0 Å². The van der Waals surface area contributed by atoms with E-state index in [0.29, 0.717) is 11.3 Å². The molecule has 2 N–H and O–H groups in total. The number of hydrogen-bond donors (Lipinski definition) is 2. The zero-order valence-electron chi connectivity index (χ0n) is 14.6. The Labute approximate surface area is 151 Å². The van der Waals surface area contributed by atoms with Crippen molar-refractivity contribution in [1.29, 1.82) is 0 Å². The first-order valence-electron chi connectivity index (χ1n) is 8.01. The molecule has 2 amide bonds. The van der Waals surface area contributed by atoms with Gasteiger partial charge in [0.15, 0.2) is 6.61 Å². The summed E-state index contributed by atoms with van der Waals surface area (Å²) in [4.78, 5) is 35.1. The first-order valence-corrected chi connectivity index (χ1v) is 8.01. The number of benzene rings is 2.